The first kappa shape index (κ1) is 40.5. The molecule has 11 unspecified atom stereocenters. The van der Waals surface area contributed by atoms with E-state index in [1.54, 1.807) is 0 Å². The van der Waals surface area contributed by atoms with Crippen molar-refractivity contribution in [1.82, 2.24) is 0 Å². The van der Waals surface area contributed by atoms with Gasteiger partial charge in [-0.3, -0.25) is 19.2 Å². The molecular formula is C43H68O10. The van der Waals surface area contributed by atoms with Crippen LogP contribution in [0.4, 0.5) is 0 Å². The first-order valence-electron chi connectivity index (χ1n) is 20.9. The molecule has 1 saturated heterocycles. The van der Waals surface area contributed by atoms with Crippen molar-refractivity contribution >= 4 is 23.9 Å². The Labute approximate surface area is 317 Å². The van der Waals surface area contributed by atoms with E-state index >= 15 is 0 Å². The van der Waals surface area contributed by atoms with E-state index in [0.717, 1.165) is 63.7 Å². The van der Waals surface area contributed by atoms with E-state index in [4.69, 9.17) is 18.9 Å². The van der Waals surface area contributed by atoms with Crippen LogP contribution < -0.4 is 0 Å². The fraction of sp³-hybridized carbons (Fsp3) is 0.907. The fourth-order valence-electron chi connectivity index (χ4n) is 11.5. The summed E-state index contributed by atoms with van der Waals surface area (Å²) in [6, 6.07) is 0. The Bertz CT molecular complexity index is 1420. The number of hydrogen-bond acceptors (Lipinski definition) is 10. The molecule has 1 aliphatic heterocycles. The van der Waals surface area contributed by atoms with Gasteiger partial charge >= 0.3 is 23.9 Å². The number of fused-ring (bicyclic) bond motifs is 3. The molecule has 11 atom stereocenters. The molecule has 0 spiro atoms. The highest BCUT2D eigenvalue weighted by Gasteiger charge is 2.65. The number of carbonyl (C=O) groups is 4. The molecule has 0 aromatic rings. The summed E-state index contributed by atoms with van der Waals surface area (Å²) >= 11 is 0. The quantitative estimate of drug-likeness (QED) is 0.183. The summed E-state index contributed by atoms with van der Waals surface area (Å²) in [6.07, 6.45) is 12.5. The van der Waals surface area contributed by atoms with Crippen molar-refractivity contribution in [2.24, 2.45) is 52.3 Å². The zero-order chi connectivity index (χ0) is 38.9. The van der Waals surface area contributed by atoms with Crippen LogP contribution in [0.5, 0.6) is 0 Å². The normalized spacial score (nSPS) is 43.0. The Morgan fingerprint density at radius 3 is 1.94 bits per heavy atom. The Morgan fingerprint density at radius 1 is 0.830 bits per heavy atom. The van der Waals surface area contributed by atoms with Crippen LogP contribution in [-0.4, -0.2) is 68.7 Å². The maximum absolute atomic E-state index is 12.4. The van der Waals surface area contributed by atoms with Gasteiger partial charge in [-0.2, -0.15) is 0 Å². The van der Waals surface area contributed by atoms with Gasteiger partial charge in [-0.15, -0.1) is 0 Å². The van der Waals surface area contributed by atoms with Gasteiger partial charge in [0.05, 0.1) is 33.9 Å². The zero-order valence-electron chi connectivity index (χ0n) is 34.0. The van der Waals surface area contributed by atoms with Crippen molar-refractivity contribution in [3.8, 4) is 0 Å². The highest BCUT2D eigenvalue weighted by Crippen LogP contribution is 2.61. The molecule has 10 nitrogen and oxygen atoms in total. The molecule has 1 heterocycles. The Morgan fingerprint density at radius 2 is 1.43 bits per heavy atom. The highest BCUT2D eigenvalue weighted by molar-refractivity contribution is 5.78. The molecule has 8 aliphatic carbocycles. The summed E-state index contributed by atoms with van der Waals surface area (Å²) in [5.74, 6) is 1.94. The standard InChI is InChI=1S/C16H26O4.C14H24O2.C13H18O4/c1-4-13(2,3)12(17)20-16-7-11-5-14(18,9-16)8-15(19,6-11)10-16;1-5-13(2,3)12(15)16-14(4)9-10-6-7-11(14)8-10;1-3-6(2)12(14)16-10-7-4-8-9(5-7)13(15)17-11(8)10/h11,18-19H,4-10H2,1-3H3;10-11H,5-9H2,1-4H3;6-11H,3-5H2,1-2H3. The third-order valence-corrected chi connectivity index (χ3v) is 15.2. The van der Waals surface area contributed by atoms with Crippen molar-refractivity contribution in [2.45, 2.75) is 193 Å². The zero-order valence-corrected chi connectivity index (χ0v) is 34.0. The molecule has 2 N–H and O–H groups in total. The molecule has 9 fully saturated rings. The van der Waals surface area contributed by atoms with Crippen LogP contribution in [0.25, 0.3) is 0 Å². The van der Waals surface area contributed by atoms with Crippen LogP contribution in [0.2, 0.25) is 0 Å². The minimum Gasteiger partial charge on any atom is -0.459 e. The Hall–Kier alpha value is -2.20. The molecule has 10 heteroatoms. The van der Waals surface area contributed by atoms with E-state index in [-0.39, 0.29) is 64.9 Å². The SMILES string of the molecule is CCC(C)(C)C(=O)OC1(C)CC2CCC1C2.CCC(C)(C)C(=O)OC12CC3CC(O)(CC(O)(C3)C1)C2.CCC(C)C(=O)OC1C2CC3C(=O)OC1C3C2. The molecule has 0 aromatic heterocycles. The van der Waals surface area contributed by atoms with Crippen LogP contribution in [0.3, 0.4) is 0 Å². The predicted octanol–water partition coefficient (Wildman–Crippen LogP) is 7.23. The molecular weight excluding hydrogens is 676 g/mol. The van der Waals surface area contributed by atoms with Crippen molar-refractivity contribution in [3.05, 3.63) is 0 Å². The van der Waals surface area contributed by atoms with Crippen molar-refractivity contribution in [2.75, 3.05) is 0 Å². The molecule has 300 valence electrons. The smallest absolute Gasteiger partial charge is 0.312 e. The number of carbonyl (C=O) groups excluding carboxylic acids is 4. The van der Waals surface area contributed by atoms with Gasteiger partial charge in [-0.1, -0.05) is 27.7 Å². The fourth-order valence-corrected chi connectivity index (χ4v) is 11.5. The van der Waals surface area contributed by atoms with Gasteiger partial charge in [-0.05, 0) is 129 Å². The molecule has 8 saturated carbocycles. The monoisotopic (exact) mass is 744 g/mol. The lowest BCUT2D eigenvalue weighted by atomic mass is 9.50. The van der Waals surface area contributed by atoms with Crippen LogP contribution in [0.1, 0.15) is 159 Å². The summed E-state index contributed by atoms with van der Waals surface area (Å²) in [5, 5.41) is 21.3. The number of ether oxygens (including phenoxy) is 4. The van der Waals surface area contributed by atoms with Gasteiger partial charge in [0.1, 0.15) is 23.4 Å². The van der Waals surface area contributed by atoms with E-state index in [9.17, 15) is 29.4 Å². The van der Waals surface area contributed by atoms with E-state index in [2.05, 4.69) is 6.92 Å². The van der Waals surface area contributed by atoms with Crippen LogP contribution in [-0.2, 0) is 38.1 Å². The van der Waals surface area contributed by atoms with Crippen molar-refractivity contribution in [3.63, 3.8) is 0 Å². The number of rotatable bonds is 9. The third-order valence-electron chi connectivity index (χ3n) is 15.2. The average Bonchev–Trinajstić information content (AvgIpc) is 3.87. The summed E-state index contributed by atoms with van der Waals surface area (Å²) in [5.41, 5.74) is -3.33. The van der Waals surface area contributed by atoms with Gasteiger partial charge in [0, 0.05) is 31.1 Å². The Balaban J connectivity index is 0.000000137. The van der Waals surface area contributed by atoms with Gasteiger partial charge in [0.25, 0.3) is 0 Å². The Kier molecular flexibility index (Phi) is 10.7. The molecule has 53 heavy (non-hydrogen) atoms. The topological polar surface area (TPSA) is 146 Å². The molecule has 0 aromatic carbocycles. The first-order chi connectivity index (χ1) is 24.6. The van der Waals surface area contributed by atoms with Crippen molar-refractivity contribution in [1.29, 1.82) is 0 Å². The lowest BCUT2D eigenvalue weighted by molar-refractivity contribution is -0.264. The summed E-state index contributed by atoms with van der Waals surface area (Å²) in [7, 11) is 0. The van der Waals surface area contributed by atoms with Gasteiger partial charge in [-0.25, -0.2) is 0 Å². The van der Waals surface area contributed by atoms with E-state index in [1.165, 1.54) is 19.3 Å². The second-order valence-electron chi connectivity index (χ2n) is 20.4. The van der Waals surface area contributed by atoms with Gasteiger partial charge in [0.2, 0.25) is 0 Å². The van der Waals surface area contributed by atoms with E-state index in [0.29, 0.717) is 37.0 Å². The van der Waals surface area contributed by atoms with Crippen molar-refractivity contribution < 1.29 is 48.3 Å². The van der Waals surface area contributed by atoms with E-state index in [1.807, 2.05) is 55.4 Å². The minimum atomic E-state index is -0.842. The molecule has 8 bridgehead atoms. The summed E-state index contributed by atoms with van der Waals surface area (Å²) < 4.78 is 22.6. The molecule has 0 radical (unpaired) electrons. The van der Waals surface area contributed by atoms with Gasteiger partial charge < -0.3 is 29.2 Å². The highest BCUT2D eigenvalue weighted by atomic mass is 16.6. The van der Waals surface area contributed by atoms with Gasteiger partial charge in [0.15, 0.2) is 0 Å². The lowest BCUT2D eigenvalue weighted by Crippen LogP contribution is -2.67. The van der Waals surface area contributed by atoms with Crippen LogP contribution in [0.15, 0.2) is 0 Å². The second-order valence-corrected chi connectivity index (χ2v) is 20.4. The second kappa shape index (κ2) is 14.1. The van der Waals surface area contributed by atoms with E-state index < -0.39 is 22.2 Å². The molecule has 9 aliphatic rings. The summed E-state index contributed by atoms with van der Waals surface area (Å²) in [4.78, 5) is 47.9. The lowest BCUT2D eigenvalue weighted by Gasteiger charge is -2.62. The minimum absolute atomic E-state index is 0.00921. The van der Waals surface area contributed by atoms with Crippen LogP contribution >= 0.6 is 0 Å². The maximum Gasteiger partial charge on any atom is 0.312 e. The number of esters is 4. The third kappa shape index (κ3) is 7.80. The first-order valence-corrected chi connectivity index (χ1v) is 20.9. The molecule has 0 amide bonds. The number of aliphatic hydroxyl groups is 2. The maximum atomic E-state index is 12.4. The average molecular weight is 745 g/mol. The molecule has 9 rings (SSSR count). The summed E-state index contributed by atoms with van der Waals surface area (Å²) in [6.45, 7) is 17.7. The predicted molar refractivity (Wildman–Crippen MR) is 197 cm³/mol. The largest absolute Gasteiger partial charge is 0.459 e. The number of hydrogen-bond donors (Lipinski definition) is 2. The van der Waals surface area contributed by atoms with Crippen LogP contribution in [0, 0.1) is 52.3 Å².